The minimum absolute atomic E-state index is 0.00976. The van der Waals surface area contributed by atoms with Gasteiger partial charge in [-0.2, -0.15) is 4.98 Å². The molecule has 0 aromatic carbocycles. The van der Waals surface area contributed by atoms with E-state index in [0.29, 0.717) is 5.92 Å². The van der Waals surface area contributed by atoms with E-state index in [0.717, 1.165) is 31.9 Å². The third-order valence-electron chi connectivity index (χ3n) is 3.58. The third-order valence-corrected chi connectivity index (χ3v) is 3.58. The molecule has 0 radical (unpaired) electrons. The van der Waals surface area contributed by atoms with Crippen molar-refractivity contribution in [2.75, 3.05) is 5.73 Å². The van der Waals surface area contributed by atoms with Gasteiger partial charge in [-0.3, -0.25) is 10.1 Å². The molecule has 7 heteroatoms. The van der Waals surface area contributed by atoms with Gasteiger partial charge in [-0.25, -0.2) is 4.98 Å². The van der Waals surface area contributed by atoms with Gasteiger partial charge in [0.25, 0.3) is 5.88 Å². The van der Waals surface area contributed by atoms with E-state index < -0.39 is 4.92 Å². The van der Waals surface area contributed by atoms with Gasteiger partial charge in [0.05, 0.1) is 4.92 Å². The number of anilines is 1. The highest BCUT2D eigenvalue weighted by molar-refractivity contribution is 5.41. The number of rotatable bonds is 4. The van der Waals surface area contributed by atoms with Crippen LogP contribution in [0.5, 0.6) is 5.88 Å². The highest BCUT2D eigenvalue weighted by atomic mass is 16.6. The maximum Gasteiger partial charge on any atom is 0.349 e. The van der Waals surface area contributed by atoms with E-state index >= 15 is 0 Å². The van der Waals surface area contributed by atoms with Crippen molar-refractivity contribution in [2.24, 2.45) is 5.92 Å². The predicted molar refractivity (Wildman–Crippen MR) is 69.8 cm³/mol. The molecule has 0 aliphatic heterocycles. The van der Waals surface area contributed by atoms with Crippen LogP contribution in [0.2, 0.25) is 0 Å². The molecule has 1 saturated carbocycles. The minimum atomic E-state index is -0.543. The van der Waals surface area contributed by atoms with E-state index in [1.807, 2.05) is 0 Å². The monoisotopic (exact) mass is 266 g/mol. The zero-order valence-electron chi connectivity index (χ0n) is 10.9. The number of ether oxygens (including phenoxy) is 1. The van der Waals surface area contributed by atoms with Crippen molar-refractivity contribution in [1.29, 1.82) is 0 Å². The lowest BCUT2D eigenvalue weighted by Crippen LogP contribution is -2.30. The summed E-state index contributed by atoms with van der Waals surface area (Å²) in [7, 11) is 0. The van der Waals surface area contributed by atoms with Crippen LogP contribution in [-0.4, -0.2) is 21.0 Å². The Morgan fingerprint density at radius 1 is 1.53 bits per heavy atom. The first kappa shape index (κ1) is 13.5. The molecule has 1 aromatic rings. The van der Waals surface area contributed by atoms with E-state index in [9.17, 15) is 10.1 Å². The zero-order chi connectivity index (χ0) is 13.8. The normalized spacial score (nSPS) is 23.0. The summed E-state index contributed by atoms with van der Waals surface area (Å²) in [6.07, 6.45) is 6.34. The smallest absolute Gasteiger partial charge is 0.349 e. The van der Waals surface area contributed by atoms with Crippen molar-refractivity contribution in [1.82, 2.24) is 9.97 Å². The van der Waals surface area contributed by atoms with E-state index in [1.54, 1.807) is 0 Å². The average molecular weight is 266 g/mol. The number of nitrogen functional groups attached to an aromatic ring is 1. The summed E-state index contributed by atoms with van der Waals surface area (Å²) in [4.78, 5) is 17.9. The molecule has 104 valence electrons. The van der Waals surface area contributed by atoms with Crippen LogP contribution in [0.4, 0.5) is 11.6 Å². The molecule has 2 rings (SSSR count). The quantitative estimate of drug-likeness (QED) is 0.662. The molecule has 1 aliphatic rings. The van der Waals surface area contributed by atoms with Gasteiger partial charge < -0.3 is 10.5 Å². The average Bonchev–Trinajstić information content (AvgIpc) is 2.39. The van der Waals surface area contributed by atoms with Crippen molar-refractivity contribution >= 4 is 11.6 Å². The summed E-state index contributed by atoms with van der Waals surface area (Å²) in [5.74, 6) is 0.400. The van der Waals surface area contributed by atoms with Crippen LogP contribution in [0.1, 0.15) is 39.0 Å². The summed E-state index contributed by atoms with van der Waals surface area (Å²) in [6, 6.07) is 0. The molecule has 0 bridgehead atoms. The summed E-state index contributed by atoms with van der Waals surface area (Å²) >= 11 is 0. The first-order valence-electron chi connectivity index (χ1n) is 6.55. The van der Waals surface area contributed by atoms with Crippen molar-refractivity contribution in [3.8, 4) is 5.88 Å². The molecule has 7 nitrogen and oxygen atoms in total. The van der Waals surface area contributed by atoms with Gasteiger partial charge in [0.15, 0.2) is 0 Å². The SMILES string of the molecule is CCC1CCCCC1Oc1nc(N)ncc1[N+](=O)[O-]. The van der Waals surface area contributed by atoms with Crippen LogP contribution >= 0.6 is 0 Å². The molecular formula is C12H18N4O3. The molecule has 2 N–H and O–H groups in total. The van der Waals surface area contributed by atoms with Gasteiger partial charge in [-0.15, -0.1) is 0 Å². The Kier molecular flexibility index (Phi) is 4.13. The Morgan fingerprint density at radius 3 is 2.95 bits per heavy atom. The Labute approximate surface area is 111 Å². The van der Waals surface area contributed by atoms with Gasteiger partial charge >= 0.3 is 5.69 Å². The molecule has 1 aromatic heterocycles. The lowest BCUT2D eigenvalue weighted by molar-refractivity contribution is -0.386. The zero-order valence-corrected chi connectivity index (χ0v) is 10.9. The Hall–Kier alpha value is -1.92. The second kappa shape index (κ2) is 5.81. The van der Waals surface area contributed by atoms with Gasteiger partial charge in [0.1, 0.15) is 12.3 Å². The number of nitrogens with two attached hydrogens (primary N) is 1. The number of aromatic nitrogens is 2. The van der Waals surface area contributed by atoms with Gasteiger partial charge in [0, 0.05) is 0 Å². The van der Waals surface area contributed by atoms with E-state index in [2.05, 4.69) is 16.9 Å². The molecule has 0 amide bonds. The van der Waals surface area contributed by atoms with E-state index in [1.165, 1.54) is 6.42 Å². The molecular weight excluding hydrogens is 248 g/mol. The molecule has 0 spiro atoms. The van der Waals surface area contributed by atoms with Crippen molar-refractivity contribution in [3.63, 3.8) is 0 Å². The van der Waals surface area contributed by atoms with Crippen LogP contribution in [0.3, 0.4) is 0 Å². The number of hydrogen-bond acceptors (Lipinski definition) is 6. The fourth-order valence-corrected chi connectivity index (χ4v) is 2.52. The topological polar surface area (TPSA) is 104 Å². The molecule has 2 unspecified atom stereocenters. The highest BCUT2D eigenvalue weighted by Gasteiger charge is 2.29. The summed E-state index contributed by atoms with van der Waals surface area (Å²) in [5, 5.41) is 10.9. The molecule has 19 heavy (non-hydrogen) atoms. The van der Waals surface area contributed by atoms with Crippen molar-refractivity contribution in [2.45, 2.75) is 45.1 Å². The summed E-state index contributed by atoms with van der Waals surface area (Å²) in [6.45, 7) is 2.11. The lowest BCUT2D eigenvalue weighted by Gasteiger charge is -2.30. The maximum atomic E-state index is 10.9. The summed E-state index contributed by atoms with van der Waals surface area (Å²) < 4.78 is 5.76. The fraction of sp³-hybridized carbons (Fsp3) is 0.667. The van der Waals surface area contributed by atoms with Crippen LogP contribution in [-0.2, 0) is 0 Å². The Morgan fingerprint density at radius 2 is 2.26 bits per heavy atom. The molecule has 0 saturated heterocycles. The van der Waals surface area contributed by atoms with Gasteiger partial charge in [-0.05, 0) is 31.6 Å². The lowest BCUT2D eigenvalue weighted by atomic mass is 9.85. The second-order valence-corrected chi connectivity index (χ2v) is 4.78. The molecule has 1 fully saturated rings. The van der Waals surface area contributed by atoms with Gasteiger partial charge in [-0.1, -0.05) is 13.3 Å². The van der Waals surface area contributed by atoms with Crippen LogP contribution in [0.15, 0.2) is 6.20 Å². The minimum Gasteiger partial charge on any atom is -0.469 e. The van der Waals surface area contributed by atoms with Crippen LogP contribution < -0.4 is 10.5 Å². The van der Waals surface area contributed by atoms with E-state index in [4.69, 9.17) is 10.5 Å². The highest BCUT2D eigenvalue weighted by Crippen LogP contribution is 2.33. The number of hydrogen-bond donors (Lipinski definition) is 1. The van der Waals surface area contributed by atoms with Crippen molar-refractivity contribution in [3.05, 3.63) is 16.3 Å². The van der Waals surface area contributed by atoms with Crippen LogP contribution in [0.25, 0.3) is 0 Å². The number of nitro groups is 1. The van der Waals surface area contributed by atoms with Gasteiger partial charge in [0.2, 0.25) is 5.95 Å². The number of nitrogens with zero attached hydrogens (tertiary/aromatic N) is 3. The summed E-state index contributed by atoms with van der Waals surface area (Å²) in [5.41, 5.74) is 5.25. The molecule has 1 aliphatic carbocycles. The molecule has 1 heterocycles. The van der Waals surface area contributed by atoms with Crippen LogP contribution in [0, 0.1) is 16.0 Å². The maximum absolute atomic E-state index is 10.9. The third kappa shape index (κ3) is 3.10. The predicted octanol–water partition coefficient (Wildman–Crippen LogP) is 2.31. The largest absolute Gasteiger partial charge is 0.469 e. The first-order valence-corrected chi connectivity index (χ1v) is 6.55. The fourth-order valence-electron chi connectivity index (χ4n) is 2.52. The Balaban J connectivity index is 2.21. The molecule has 2 atom stereocenters. The van der Waals surface area contributed by atoms with E-state index in [-0.39, 0.29) is 23.6 Å². The second-order valence-electron chi connectivity index (χ2n) is 4.78. The van der Waals surface area contributed by atoms with Crippen molar-refractivity contribution < 1.29 is 9.66 Å². The Bertz CT molecular complexity index is 466. The standard InChI is InChI=1S/C12H18N4O3/c1-2-8-5-3-4-6-10(8)19-11-9(16(17)18)7-14-12(13)15-11/h7-8,10H,2-6H2,1H3,(H2,13,14,15). The first-order chi connectivity index (χ1) is 9.11.